The molecule has 1 aliphatic rings. The number of morpholine rings is 1. The molecule has 1 aliphatic heterocycles. The minimum absolute atomic E-state index is 0.0453. The summed E-state index contributed by atoms with van der Waals surface area (Å²) in [6.07, 6.45) is 0. The molecule has 102 valence electrons. The van der Waals surface area contributed by atoms with Crippen LogP contribution in [0.15, 0.2) is 24.3 Å². The van der Waals surface area contributed by atoms with Crippen LogP contribution in [-0.2, 0) is 11.3 Å². The van der Waals surface area contributed by atoms with Gasteiger partial charge in [-0.05, 0) is 5.56 Å². The standard InChI is InChI=1S/C13H18N4O2/c14-12(15)11-3-1-10(2-4-11)9-16-13(18)17-5-7-19-8-6-17/h1-4H,5-9H2,(H3,14,15)(H,16,18). The molecule has 6 nitrogen and oxygen atoms in total. The third kappa shape index (κ3) is 3.69. The first kappa shape index (κ1) is 13.4. The number of nitrogens with zero attached hydrogens (tertiary/aromatic N) is 1. The van der Waals surface area contributed by atoms with Crippen molar-refractivity contribution in [3.63, 3.8) is 0 Å². The first-order valence-corrected chi connectivity index (χ1v) is 6.20. The zero-order valence-corrected chi connectivity index (χ0v) is 10.7. The Hall–Kier alpha value is -2.08. The Morgan fingerprint density at radius 2 is 1.95 bits per heavy atom. The Labute approximate surface area is 112 Å². The van der Waals surface area contributed by atoms with Crippen molar-refractivity contribution in [1.82, 2.24) is 10.2 Å². The van der Waals surface area contributed by atoms with E-state index in [0.29, 0.717) is 38.4 Å². The van der Waals surface area contributed by atoms with Gasteiger partial charge in [0.05, 0.1) is 13.2 Å². The molecule has 19 heavy (non-hydrogen) atoms. The number of urea groups is 1. The van der Waals surface area contributed by atoms with Gasteiger partial charge in [-0.25, -0.2) is 4.79 Å². The molecule has 1 fully saturated rings. The monoisotopic (exact) mass is 262 g/mol. The number of hydrogen-bond donors (Lipinski definition) is 3. The summed E-state index contributed by atoms with van der Waals surface area (Å²) in [7, 11) is 0. The summed E-state index contributed by atoms with van der Waals surface area (Å²) < 4.78 is 5.19. The van der Waals surface area contributed by atoms with Crippen molar-refractivity contribution < 1.29 is 9.53 Å². The molecular weight excluding hydrogens is 244 g/mol. The second kappa shape index (κ2) is 6.19. The van der Waals surface area contributed by atoms with Crippen molar-refractivity contribution in [3.05, 3.63) is 35.4 Å². The summed E-state index contributed by atoms with van der Waals surface area (Å²) in [6.45, 7) is 2.93. The van der Waals surface area contributed by atoms with Gasteiger partial charge in [0.15, 0.2) is 0 Å². The lowest BCUT2D eigenvalue weighted by molar-refractivity contribution is 0.0531. The normalized spacial score (nSPS) is 15.1. The molecular formula is C13H18N4O2. The summed E-state index contributed by atoms with van der Waals surface area (Å²) in [4.78, 5) is 13.6. The van der Waals surface area contributed by atoms with Gasteiger partial charge in [0.25, 0.3) is 0 Å². The lowest BCUT2D eigenvalue weighted by Gasteiger charge is -2.26. The highest BCUT2D eigenvalue weighted by Gasteiger charge is 2.15. The molecule has 0 radical (unpaired) electrons. The molecule has 2 rings (SSSR count). The number of benzene rings is 1. The highest BCUT2D eigenvalue weighted by Crippen LogP contribution is 2.04. The van der Waals surface area contributed by atoms with Crippen LogP contribution in [0.25, 0.3) is 0 Å². The van der Waals surface area contributed by atoms with E-state index >= 15 is 0 Å². The summed E-state index contributed by atoms with van der Waals surface area (Å²) in [5.74, 6) is 0.0453. The molecule has 0 aliphatic carbocycles. The third-order valence-electron chi connectivity index (χ3n) is 3.01. The van der Waals surface area contributed by atoms with Gasteiger partial charge in [0.2, 0.25) is 0 Å². The van der Waals surface area contributed by atoms with Crippen LogP contribution in [0.4, 0.5) is 4.79 Å². The van der Waals surface area contributed by atoms with Gasteiger partial charge in [-0.3, -0.25) is 5.41 Å². The van der Waals surface area contributed by atoms with Crippen molar-refractivity contribution >= 4 is 11.9 Å². The van der Waals surface area contributed by atoms with E-state index in [4.69, 9.17) is 15.9 Å². The quantitative estimate of drug-likeness (QED) is 0.547. The van der Waals surface area contributed by atoms with E-state index in [2.05, 4.69) is 5.32 Å². The number of amidine groups is 1. The highest BCUT2D eigenvalue weighted by atomic mass is 16.5. The van der Waals surface area contributed by atoms with Crippen molar-refractivity contribution in [3.8, 4) is 0 Å². The average Bonchev–Trinajstić information content (AvgIpc) is 2.46. The fraction of sp³-hybridized carbons (Fsp3) is 0.385. The first-order chi connectivity index (χ1) is 9.16. The van der Waals surface area contributed by atoms with Crippen LogP contribution in [0.2, 0.25) is 0 Å². The molecule has 6 heteroatoms. The maximum Gasteiger partial charge on any atom is 0.317 e. The molecule has 1 aromatic rings. The second-order valence-electron chi connectivity index (χ2n) is 4.37. The molecule has 0 bridgehead atoms. The Morgan fingerprint density at radius 1 is 1.32 bits per heavy atom. The van der Waals surface area contributed by atoms with Gasteiger partial charge in [0, 0.05) is 25.2 Å². The van der Waals surface area contributed by atoms with Crippen molar-refractivity contribution in [2.75, 3.05) is 26.3 Å². The van der Waals surface area contributed by atoms with Crippen molar-refractivity contribution in [2.24, 2.45) is 5.73 Å². The third-order valence-corrected chi connectivity index (χ3v) is 3.01. The lowest BCUT2D eigenvalue weighted by atomic mass is 10.1. The number of nitrogens with two attached hydrogens (primary N) is 1. The van der Waals surface area contributed by atoms with Crippen LogP contribution in [0.5, 0.6) is 0 Å². The fourth-order valence-corrected chi connectivity index (χ4v) is 1.86. The van der Waals surface area contributed by atoms with Crippen LogP contribution in [0.1, 0.15) is 11.1 Å². The molecule has 0 saturated carbocycles. The van der Waals surface area contributed by atoms with Gasteiger partial charge in [0.1, 0.15) is 5.84 Å². The molecule has 1 saturated heterocycles. The summed E-state index contributed by atoms with van der Waals surface area (Å²) in [5.41, 5.74) is 7.04. The van der Waals surface area contributed by atoms with Crippen molar-refractivity contribution in [1.29, 1.82) is 5.41 Å². The van der Waals surface area contributed by atoms with E-state index in [1.165, 1.54) is 0 Å². The maximum absolute atomic E-state index is 11.9. The smallest absolute Gasteiger partial charge is 0.317 e. The molecule has 4 N–H and O–H groups in total. The van der Waals surface area contributed by atoms with Crippen LogP contribution < -0.4 is 11.1 Å². The Morgan fingerprint density at radius 3 is 2.53 bits per heavy atom. The number of carbonyl (C=O) groups excluding carboxylic acids is 1. The van der Waals surface area contributed by atoms with E-state index in [-0.39, 0.29) is 11.9 Å². The van der Waals surface area contributed by atoms with Gasteiger partial charge < -0.3 is 20.7 Å². The first-order valence-electron chi connectivity index (χ1n) is 6.20. The molecule has 0 aromatic heterocycles. The van der Waals surface area contributed by atoms with Gasteiger partial charge in [-0.2, -0.15) is 0 Å². The number of nitrogens with one attached hydrogen (secondary N) is 2. The number of amides is 2. The summed E-state index contributed by atoms with van der Waals surface area (Å²) in [6, 6.07) is 7.20. The number of rotatable bonds is 3. The molecule has 1 aromatic carbocycles. The van der Waals surface area contributed by atoms with Crippen LogP contribution in [0, 0.1) is 5.41 Å². The van der Waals surface area contributed by atoms with Crippen molar-refractivity contribution in [2.45, 2.75) is 6.54 Å². The molecule has 0 atom stereocenters. The topological polar surface area (TPSA) is 91.4 Å². The maximum atomic E-state index is 11.9. The summed E-state index contributed by atoms with van der Waals surface area (Å²) >= 11 is 0. The van der Waals surface area contributed by atoms with Crippen LogP contribution in [0.3, 0.4) is 0 Å². The minimum atomic E-state index is -0.0704. The molecule has 0 unspecified atom stereocenters. The van der Waals surface area contributed by atoms with Gasteiger partial charge in [-0.1, -0.05) is 24.3 Å². The second-order valence-corrected chi connectivity index (χ2v) is 4.37. The lowest BCUT2D eigenvalue weighted by Crippen LogP contribution is -2.45. The molecule has 2 amide bonds. The van der Waals surface area contributed by atoms with E-state index in [1.54, 1.807) is 17.0 Å². The Bertz CT molecular complexity index is 452. The predicted molar refractivity (Wildman–Crippen MR) is 72.1 cm³/mol. The SMILES string of the molecule is N=C(N)c1ccc(CNC(=O)N2CCOCC2)cc1. The number of carbonyl (C=O) groups is 1. The predicted octanol–water partition coefficient (Wildman–Crippen LogP) is 0.512. The summed E-state index contributed by atoms with van der Waals surface area (Å²) in [5, 5.41) is 10.2. The van der Waals surface area contributed by atoms with E-state index < -0.39 is 0 Å². The van der Waals surface area contributed by atoms with Crippen LogP contribution in [-0.4, -0.2) is 43.1 Å². The zero-order chi connectivity index (χ0) is 13.7. The molecule has 0 spiro atoms. The molecule has 1 heterocycles. The Kier molecular flexibility index (Phi) is 4.35. The van der Waals surface area contributed by atoms with Gasteiger partial charge in [-0.15, -0.1) is 0 Å². The van der Waals surface area contributed by atoms with E-state index in [1.807, 2.05) is 12.1 Å². The largest absolute Gasteiger partial charge is 0.384 e. The van der Waals surface area contributed by atoms with E-state index in [9.17, 15) is 4.79 Å². The zero-order valence-electron chi connectivity index (χ0n) is 10.7. The number of ether oxygens (including phenoxy) is 1. The van der Waals surface area contributed by atoms with Crippen LogP contribution >= 0.6 is 0 Å². The number of nitrogen functional groups attached to an aromatic ring is 1. The van der Waals surface area contributed by atoms with E-state index in [0.717, 1.165) is 5.56 Å². The highest BCUT2D eigenvalue weighted by molar-refractivity contribution is 5.94. The number of hydrogen-bond acceptors (Lipinski definition) is 3. The average molecular weight is 262 g/mol. The minimum Gasteiger partial charge on any atom is -0.384 e. The Balaban J connectivity index is 1.84. The fourth-order valence-electron chi connectivity index (χ4n) is 1.86. The van der Waals surface area contributed by atoms with Gasteiger partial charge >= 0.3 is 6.03 Å².